The fourth-order valence-electron chi connectivity index (χ4n) is 5.54. The molecule has 2 N–H and O–H groups in total. The van der Waals surface area contributed by atoms with Crippen molar-refractivity contribution >= 4 is 29.2 Å². The van der Waals surface area contributed by atoms with Gasteiger partial charge in [-0.1, -0.05) is 6.07 Å². The Bertz CT molecular complexity index is 1020. The average Bonchev–Trinajstić information content (AvgIpc) is 3.30. The zero-order chi connectivity index (χ0) is 21.0. The van der Waals surface area contributed by atoms with Crippen LogP contribution in [-0.4, -0.2) is 23.9 Å². The van der Waals surface area contributed by atoms with Crippen LogP contribution in [0.4, 0.5) is 11.4 Å². The maximum Gasteiger partial charge on any atom is 0.310 e. The first-order valence-corrected chi connectivity index (χ1v) is 10.4. The molecular weight excluding hydrogens is 380 g/mol. The standard InChI is InChI=1S/C24H24N2O4/c1-12-7-13(2)9-17(8-12)26-22(27)14-3-5-16(6-4-14)25-23(28)20-15-10-18-19(11-15)30-24(29)21(18)20/h3-9,15,18-21H,10-11H2,1-2H3,(H,25,28)(H,26,27)/t15-,18+,19-,20-,21-/m1/s1. The van der Waals surface area contributed by atoms with Gasteiger partial charge in [-0.25, -0.2) is 0 Å². The second-order valence-corrected chi connectivity index (χ2v) is 8.82. The van der Waals surface area contributed by atoms with Gasteiger partial charge in [0.2, 0.25) is 5.91 Å². The predicted molar refractivity (Wildman–Crippen MR) is 112 cm³/mol. The van der Waals surface area contributed by atoms with Gasteiger partial charge in [0.15, 0.2) is 0 Å². The third-order valence-corrected chi connectivity index (χ3v) is 6.68. The van der Waals surface area contributed by atoms with E-state index in [-0.39, 0.29) is 47.6 Å². The van der Waals surface area contributed by atoms with E-state index in [2.05, 4.69) is 16.7 Å². The number of hydrogen-bond donors (Lipinski definition) is 2. The second kappa shape index (κ2) is 6.97. The van der Waals surface area contributed by atoms with Crippen LogP contribution in [0, 0.1) is 37.5 Å². The lowest BCUT2D eigenvalue weighted by Crippen LogP contribution is -2.35. The molecule has 2 amide bonds. The van der Waals surface area contributed by atoms with Crippen molar-refractivity contribution in [2.75, 3.05) is 10.6 Å². The summed E-state index contributed by atoms with van der Waals surface area (Å²) in [5.41, 5.74) is 4.05. The van der Waals surface area contributed by atoms with Gasteiger partial charge < -0.3 is 15.4 Å². The SMILES string of the molecule is Cc1cc(C)cc(NC(=O)c2ccc(NC(=O)[C@@H]3[C@@H]4C[C@@H]5[C@H]3C(=O)O[C@@H]5C4)cc2)c1. The molecule has 0 spiro atoms. The van der Waals surface area contributed by atoms with E-state index in [1.54, 1.807) is 24.3 Å². The summed E-state index contributed by atoms with van der Waals surface area (Å²) in [6.45, 7) is 3.98. The van der Waals surface area contributed by atoms with E-state index in [9.17, 15) is 14.4 Å². The Balaban J connectivity index is 1.25. The first kappa shape index (κ1) is 18.9. The molecule has 0 radical (unpaired) electrons. The monoisotopic (exact) mass is 404 g/mol. The fourth-order valence-corrected chi connectivity index (χ4v) is 5.54. The summed E-state index contributed by atoms with van der Waals surface area (Å²) in [6.07, 6.45) is 1.71. The molecule has 5 atom stereocenters. The Morgan fingerprint density at radius 3 is 2.33 bits per heavy atom. The number of fused-ring (bicyclic) bond motifs is 1. The van der Waals surface area contributed by atoms with Gasteiger partial charge in [-0.3, -0.25) is 14.4 Å². The Labute approximate surface area is 175 Å². The van der Waals surface area contributed by atoms with Gasteiger partial charge in [-0.15, -0.1) is 0 Å². The van der Waals surface area contributed by atoms with Gasteiger partial charge in [-0.2, -0.15) is 0 Å². The number of carbonyl (C=O) groups excluding carboxylic acids is 3. The highest BCUT2D eigenvalue weighted by atomic mass is 16.6. The van der Waals surface area contributed by atoms with Gasteiger partial charge >= 0.3 is 5.97 Å². The Hall–Kier alpha value is -3.15. The van der Waals surface area contributed by atoms with Crippen LogP contribution in [0.5, 0.6) is 0 Å². The molecule has 2 saturated carbocycles. The summed E-state index contributed by atoms with van der Waals surface area (Å²) >= 11 is 0. The minimum absolute atomic E-state index is 0.0199. The first-order chi connectivity index (χ1) is 14.4. The molecule has 1 aliphatic heterocycles. The molecule has 2 aliphatic carbocycles. The van der Waals surface area contributed by atoms with Crippen molar-refractivity contribution in [1.29, 1.82) is 0 Å². The number of carbonyl (C=O) groups is 3. The first-order valence-electron chi connectivity index (χ1n) is 10.4. The van der Waals surface area contributed by atoms with Crippen LogP contribution in [0.15, 0.2) is 42.5 Å². The second-order valence-electron chi connectivity index (χ2n) is 8.82. The molecule has 1 heterocycles. The summed E-state index contributed by atoms with van der Waals surface area (Å²) in [4.78, 5) is 37.5. The summed E-state index contributed by atoms with van der Waals surface area (Å²) in [5, 5.41) is 5.83. The molecule has 0 aromatic heterocycles. The molecule has 1 saturated heterocycles. The Morgan fingerprint density at radius 2 is 1.63 bits per heavy atom. The summed E-state index contributed by atoms with van der Waals surface area (Å²) < 4.78 is 5.41. The number of anilines is 2. The van der Waals surface area contributed by atoms with Crippen LogP contribution in [0.2, 0.25) is 0 Å². The van der Waals surface area contributed by atoms with Gasteiger partial charge in [0.25, 0.3) is 5.91 Å². The summed E-state index contributed by atoms with van der Waals surface area (Å²) in [5.74, 6) is -0.731. The van der Waals surface area contributed by atoms with Gasteiger partial charge in [0, 0.05) is 22.9 Å². The smallest absolute Gasteiger partial charge is 0.310 e. The lowest BCUT2D eigenvalue weighted by atomic mass is 9.79. The van der Waals surface area contributed by atoms with E-state index in [1.165, 1.54) is 0 Å². The topological polar surface area (TPSA) is 84.5 Å². The molecule has 6 nitrogen and oxygen atoms in total. The fraction of sp³-hybridized carbons (Fsp3) is 0.375. The average molecular weight is 404 g/mol. The van der Waals surface area contributed by atoms with E-state index >= 15 is 0 Å². The van der Waals surface area contributed by atoms with Crippen LogP contribution >= 0.6 is 0 Å². The van der Waals surface area contributed by atoms with E-state index < -0.39 is 0 Å². The van der Waals surface area contributed by atoms with E-state index in [0.717, 1.165) is 29.7 Å². The largest absolute Gasteiger partial charge is 0.462 e. The predicted octanol–water partition coefficient (Wildman–Crippen LogP) is 3.69. The number of rotatable bonds is 4. The molecule has 2 bridgehead atoms. The highest BCUT2D eigenvalue weighted by Gasteiger charge is 2.63. The Morgan fingerprint density at radius 1 is 0.933 bits per heavy atom. The molecule has 6 heteroatoms. The number of hydrogen-bond acceptors (Lipinski definition) is 4. The third-order valence-electron chi connectivity index (χ3n) is 6.68. The number of aryl methyl sites for hydroxylation is 2. The highest BCUT2D eigenvalue weighted by Crippen LogP contribution is 2.57. The van der Waals surface area contributed by atoms with Crippen molar-refractivity contribution in [3.8, 4) is 0 Å². The van der Waals surface area contributed by atoms with Crippen molar-refractivity contribution in [3.63, 3.8) is 0 Å². The van der Waals surface area contributed by atoms with Crippen molar-refractivity contribution < 1.29 is 19.1 Å². The molecular formula is C24H24N2O4. The van der Waals surface area contributed by atoms with Crippen LogP contribution < -0.4 is 10.6 Å². The van der Waals surface area contributed by atoms with Crippen molar-refractivity contribution in [2.24, 2.45) is 23.7 Å². The molecule has 2 aromatic rings. The van der Waals surface area contributed by atoms with Crippen molar-refractivity contribution in [2.45, 2.75) is 32.8 Å². The van der Waals surface area contributed by atoms with E-state index in [0.29, 0.717) is 11.3 Å². The van der Waals surface area contributed by atoms with Crippen molar-refractivity contribution in [1.82, 2.24) is 0 Å². The maximum atomic E-state index is 12.9. The van der Waals surface area contributed by atoms with Crippen LogP contribution in [0.25, 0.3) is 0 Å². The molecule has 30 heavy (non-hydrogen) atoms. The van der Waals surface area contributed by atoms with Gasteiger partial charge in [0.05, 0.1) is 11.8 Å². The maximum absolute atomic E-state index is 12.9. The van der Waals surface area contributed by atoms with Gasteiger partial charge in [-0.05, 0) is 80.1 Å². The molecule has 3 fully saturated rings. The van der Waals surface area contributed by atoms with Crippen LogP contribution in [0.1, 0.15) is 34.3 Å². The lowest BCUT2D eigenvalue weighted by Gasteiger charge is -2.23. The molecule has 5 rings (SSSR count). The molecule has 0 unspecified atom stereocenters. The Kier molecular flexibility index (Phi) is 4.38. The van der Waals surface area contributed by atoms with Gasteiger partial charge in [0.1, 0.15) is 6.10 Å². The number of benzene rings is 2. The number of amides is 2. The minimum atomic E-state index is -0.311. The molecule has 154 valence electrons. The van der Waals surface area contributed by atoms with E-state index in [4.69, 9.17) is 4.74 Å². The number of nitrogens with one attached hydrogen (secondary N) is 2. The molecule has 3 aliphatic rings. The minimum Gasteiger partial charge on any atom is -0.462 e. The highest BCUT2D eigenvalue weighted by molar-refractivity contribution is 6.05. The normalized spacial score (nSPS) is 28.3. The van der Waals surface area contributed by atoms with E-state index in [1.807, 2.05) is 26.0 Å². The zero-order valence-corrected chi connectivity index (χ0v) is 17.0. The zero-order valence-electron chi connectivity index (χ0n) is 17.0. The lowest BCUT2D eigenvalue weighted by molar-refractivity contribution is -0.145. The molecule has 2 aromatic carbocycles. The van der Waals surface area contributed by atoms with Crippen LogP contribution in [0.3, 0.4) is 0 Å². The number of esters is 1. The van der Waals surface area contributed by atoms with Crippen molar-refractivity contribution in [3.05, 3.63) is 59.2 Å². The summed E-state index contributed by atoms with van der Waals surface area (Å²) in [6, 6.07) is 12.7. The third kappa shape index (κ3) is 3.16. The summed E-state index contributed by atoms with van der Waals surface area (Å²) in [7, 11) is 0. The van der Waals surface area contributed by atoms with Crippen LogP contribution in [-0.2, 0) is 14.3 Å². The number of ether oxygens (including phenoxy) is 1. The quantitative estimate of drug-likeness (QED) is 0.761.